The van der Waals surface area contributed by atoms with Crippen molar-refractivity contribution in [3.63, 3.8) is 0 Å². The summed E-state index contributed by atoms with van der Waals surface area (Å²) < 4.78 is 0. The summed E-state index contributed by atoms with van der Waals surface area (Å²) >= 11 is 0. The molecule has 0 spiro atoms. The van der Waals surface area contributed by atoms with Gasteiger partial charge in [-0.15, -0.1) is 0 Å². The fourth-order valence-corrected chi connectivity index (χ4v) is 5.52. The summed E-state index contributed by atoms with van der Waals surface area (Å²) in [5, 5.41) is 0. The van der Waals surface area contributed by atoms with Gasteiger partial charge >= 0.3 is 0 Å². The minimum Gasteiger partial charge on any atom is -0.294 e. The van der Waals surface area contributed by atoms with E-state index in [0.29, 0.717) is 6.42 Å². The van der Waals surface area contributed by atoms with Crippen LogP contribution >= 0.6 is 0 Å². The molecule has 3 aliphatic rings. The van der Waals surface area contributed by atoms with E-state index >= 15 is 0 Å². The Labute approximate surface area is 184 Å². The van der Waals surface area contributed by atoms with Crippen molar-refractivity contribution in [1.29, 1.82) is 0 Å². The molecule has 0 saturated heterocycles. The maximum Gasteiger partial charge on any atom is 0.173 e. The van der Waals surface area contributed by atoms with Crippen molar-refractivity contribution in [3.05, 3.63) is 82.1 Å². The van der Waals surface area contributed by atoms with Crippen LogP contribution in [0.5, 0.6) is 0 Å². The largest absolute Gasteiger partial charge is 0.294 e. The van der Waals surface area contributed by atoms with Crippen molar-refractivity contribution < 1.29 is 9.59 Å². The topological polar surface area (TPSA) is 46.5 Å². The van der Waals surface area contributed by atoms with E-state index < -0.39 is 5.92 Å². The van der Waals surface area contributed by atoms with Gasteiger partial charge in [-0.2, -0.15) is 0 Å². The van der Waals surface area contributed by atoms with Crippen molar-refractivity contribution in [2.24, 2.45) is 16.3 Å². The number of aliphatic imine (C=N–C) groups is 1. The van der Waals surface area contributed by atoms with E-state index in [2.05, 4.69) is 45.0 Å². The van der Waals surface area contributed by atoms with Crippen LogP contribution in [0, 0.1) is 11.3 Å². The summed E-state index contributed by atoms with van der Waals surface area (Å²) in [5.41, 5.74) is 6.44. The van der Waals surface area contributed by atoms with Crippen LogP contribution in [0.25, 0.3) is 0 Å². The quantitative estimate of drug-likeness (QED) is 0.613. The number of ketones is 2. The Hall–Kier alpha value is -2.81. The molecule has 0 aromatic heterocycles. The van der Waals surface area contributed by atoms with E-state index in [9.17, 15) is 9.59 Å². The van der Waals surface area contributed by atoms with Gasteiger partial charge in [0.15, 0.2) is 11.6 Å². The van der Waals surface area contributed by atoms with Gasteiger partial charge in [0.2, 0.25) is 0 Å². The van der Waals surface area contributed by atoms with Crippen molar-refractivity contribution >= 4 is 17.3 Å². The molecule has 5 rings (SSSR count). The highest BCUT2D eigenvalue weighted by molar-refractivity contribution is 6.30. The Balaban J connectivity index is 1.66. The van der Waals surface area contributed by atoms with Gasteiger partial charge in [-0.1, -0.05) is 75.7 Å². The van der Waals surface area contributed by atoms with Gasteiger partial charge in [0.1, 0.15) is 0 Å². The highest BCUT2D eigenvalue weighted by Gasteiger charge is 2.50. The van der Waals surface area contributed by atoms with E-state index in [0.717, 1.165) is 46.5 Å². The van der Waals surface area contributed by atoms with Gasteiger partial charge < -0.3 is 0 Å². The normalized spacial score (nSPS) is 23.9. The van der Waals surface area contributed by atoms with Gasteiger partial charge in [0, 0.05) is 34.7 Å². The second-order valence-corrected chi connectivity index (χ2v) is 10.0. The molecule has 31 heavy (non-hydrogen) atoms. The van der Waals surface area contributed by atoms with Crippen LogP contribution in [0.3, 0.4) is 0 Å². The van der Waals surface area contributed by atoms with E-state index in [-0.39, 0.29) is 22.9 Å². The summed E-state index contributed by atoms with van der Waals surface area (Å²) in [7, 11) is 0. The molecule has 0 saturated carbocycles. The molecular weight excluding hydrogens is 382 g/mol. The molecule has 3 nitrogen and oxygen atoms in total. The van der Waals surface area contributed by atoms with Gasteiger partial charge in [-0.25, -0.2) is 0 Å². The number of hydrogen-bond donors (Lipinski definition) is 0. The molecule has 2 aliphatic carbocycles. The summed E-state index contributed by atoms with van der Waals surface area (Å²) in [5.74, 6) is -0.398. The second-order valence-electron chi connectivity index (χ2n) is 10.0. The Kier molecular flexibility index (Phi) is 4.80. The lowest BCUT2D eigenvalue weighted by Crippen LogP contribution is -2.37. The van der Waals surface area contributed by atoms with E-state index in [4.69, 9.17) is 4.99 Å². The number of Topliss-reactive ketones (excluding diaryl/α,β-unsaturated/α-hetero) is 2. The Morgan fingerprint density at radius 1 is 0.935 bits per heavy atom. The molecule has 2 aromatic rings. The number of allylic oxidation sites excluding steroid dienone is 2. The molecule has 0 bridgehead atoms. The van der Waals surface area contributed by atoms with E-state index in [1.54, 1.807) is 0 Å². The Bertz CT molecular complexity index is 1130. The van der Waals surface area contributed by atoms with Crippen LogP contribution in [0.1, 0.15) is 79.4 Å². The minimum absolute atomic E-state index is 0.0959. The van der Waals surface area contributed by atoms with Crippen molar-refractivity contribution in [2.45, 2.75) is 58.8 Å². The lowest BCUT2D eigenvalue weighted by molar-refractivity contribution is -0.118. The third-order valence-corrected chi connectivity index (χ3v) is 7.00. The molecule has 0 N–H and O–H groups in total. The molecule has 3 heteroatoms. The van der Waals surface area contributed by atoms with Crippen LogP contribution < -0.4 is 0 Å². The predicted octanol–water partition coefficient (Wildman–Crippen LogP) is 6.07. The molecule has 0 fully saturated rings. The lowest BCUT2D eigenvalue weighted by atomic mass is 9.66. The lowest BCUT2D eigenvalue weighted by Gasteiger charge is -2.38. The first-order chi connectivity index (χ1) is 14.9. The van der Waals surface area contributed by atoms with Crippen LogP contribution in [0.15, 0.2) is 64.8 Å². The molecule has 158 valence electrons. The highest BCUT2D eigenvalue weighted by atomic mass is 16.1. The fraction of sp³-hybridized carbons (Fsp3) is 0.393. The third kappa shape index (κ3) is 3.31. The summed E-state index contributed by atoms with van der Waals surface area (Å²) in [6.45, 7) is 6.46. The molecule has 0 radical (unpaired) electrons. The zero-order chi connectivity index (χ0) is 21.8. The molecule has 0 amide bonds. The standard InChI is InChI=1S/C28H29NO2/c1-4-5-8-17-11-13-18(14-12-17)23-24-21(15-28(2,3)16-22(24)30)29-26-19-9-6-7-10-20(19)27(31)25(23)26/h6-7,9-14,23,25H,4-5,8,15-16H2,1-3H3/t23-,25+/m0/s1. The van der Waals surface area contributed by atoms with Crippen LogP contribution in [0.2, 0.25) is 0 Å². The monoisotopic (exact) mass is 411 g/mol. The average molecular weight is 412 g/mol. The van der Waals surface area contributed by atoms with E-state index in [1.165, 1.54) is 18.4 Å². The summed E-state index contributed by atoms with van der Waals surface area (Å²) in [6.07, 6.45) is 4.67. The molecular formula is C28H29NO2. The summed E-state index contributed by atoms with van der Waals surface area (Å²) in [4.78, 5) is 31.9. The second kappa shape index (κ2) is 7.40. The zero-order valence-corrected chi connectivity index (χ0v) is 18.6. The molecule has 0 unspecified atom stereocenters. The van der Waals surface area contributed by atoms with Gasteiger partial charge in [-0.05, 0) is 35.8 Å². The molecule has 1 aliphatic heterocycles. The molecule has 1 heterocycles. The van der Waals surface area contributed by atoms with E-state index in [1.807, 2.05) is 24.3 Å². The minimum atomic E-state index is -0.400. The van der Waals surface area contributed by atoms with Gasteiger partial charge in [0.05, 0.1) is 11.6 Å². The van der Waals surface area contributed by atoms with Crippen LogP contribution in [0.4, 0.5) is 0 Å². The first kappa shape index (κ1) is 20.1. The first-order valence-corrected chi connectivity index (χ1v) is 11.5. The number of carbonyl (C=O) groups excluding carboxylic acids is 2. The average Bonchev–Trinajstić information content (AvgIpc) is 3.02. The Morgan fingerprint density at radius 3 is 2.35 bits per heavy atom. The zero-order valence-electron chi connectivity index (χ0n) is 18.6. The first-order valence-electron chi connectivity index (χ1n) is 11.5. The van der Waals surface area contributed by atoms with Crippen molar-refractivity contribution in [1.82, 2.24) is 0 Å². The smallest absolute Gasteiger partial charge is 0.173 e. The number of carbonyl (C=O) groups is 2. The maximum atomic E-state index is 13.5. The number of nitrogens with zero attached hydrogens (tertiary/aromatic N) is 1. The van der Waals surface area contributed by atoms with Crippen LogP contribution in [-0.4, -0.2) is 17.3 Å². The molecule has 2 atom stereocenters. The van der Waals surface area contributed by atoms with Gasteiger partial charge in [-0.3, -0.25) is 14.6 Å². The van der Waals surface area contributed by atoms with Gasteiger partial charge in [0.25, 0.3) is 0 Å². The summed E-state index contributed by atoms with van der Waals surface area (Å²) in [6, 6.07) is 16.4. The number of hydrogen-bond acceptors (Lipinski definition) is 3. The Morgan fingerprint density at radius 2 is 1.65 bits per heavy atom. The number of fused-ring (bicyclic) bond motifs is 3. The van der Waals surface area contributed by atoms with Crippen LogP contribution in [-0.2, 0) is 11.2 Å². The third-order valence-electron chi connectivity index (χ3n) is 7.00. The van der Waals surface area contributed by atoms with Crippen molar-refractivity contribution in [2.75, 3.05) is 0 Å². The highest BCUT2D eigenvalue weighted by Crippen LogP contribution is 2.51. The number of unbranched alkanes of at least 4 members (excludes halogenated alkanes) is 1. The van der Waals surface area contributed by atoms with Crippen molar-refractivity contribution in [3.8, 4) is 0 Å². The maximum absolute atomic E-state index is 13.5. The SMILES string of the molecule is CCCCc1ccc([C@H]2C3=C(CC(C)(C)CC3=O)N=C3c4ccccc4C(=O)[C@@H]32)cc1. The number of benzene rings is 2. The molecule has 2 aromatic carbocycles. The predicted molar refractivity (Wildman–Crippen MR) is 124 cm³/mol. The number of aryl methyl sites for hydroxylation is 1. The number of rotatable bonds is 4. The fourth-order valence-electron chi connectivity index (χ4n) is 5.52.